The van der Waals surface area contributed by atoms with Gasteiger partial charge in [0.05, 0.1) is 30.8 Å². The first kappa shape index (κ1) is 16.4. The summed E-state index contributed by atoms with van der Waals surface area (Å²) in [5.41, 5.74) is 1.27. The number of fused-ring (bicyclic) bond motifs is 1. The van der Waals surface area contributed by atoms with Crippen LogP contribution in [0, 0.1) is 0 Å². The van der Waals surface area contributed by atoms with E-state index in [4.69, 9.17) is 9.47 Å². The Kier molecular flexibility index (Phi) is 4.76. The van der Waals surface area contributed by atoms with Gasteiger partial charge < -0.3 is 9.47 Å². The topological polar surface area (TPSA) is 53.4 Å². The molecule has 6 heteroatoms. The van der Waals surface area contributed by atoms with Gasteiger partial charge in [0.15, 0.2) is 16.7 Å². The second kappa shape index (κ2) is 6.97. The number of hydrogen-bond donors (Lipinski definition) is 0. The molecule has 0 aliphatic rings. The van der Waals surface area contributed by atoms with Gasteiger partial charge in [-0.25, -0.2) is 4.98 Å². The Morgan fingerprint density at radius 2 is 1.75 bits per heavy atom. The first-order valence-electron chi connectivity index (χ1n) is 7.56. The Balaban J connectivity index is 2.36. The first-order valence-corrected chi connectivity index (χ1v) is 8.55. The van der Waals surface area contributed by atoms with Gasteiger partial charge in [-0.2, -0.15) is 0 Å². The molecule has 0 amide bonds. The summed E-state index contributed by atoms with van der Waals surface area (Å²) in [7, 11) is 3.12. The zero-order chi connectivity index (χ0) is 17.1. The molecule has 2 aromatic carbocycles. The van der Waals surface area contributed by atoms with E-state index in [2.05, 4.69) is 4.98 Å². The summed E-state index contributed by atoms with van der Waals surface area (Å²) in [4.78, 5) is 17.8. The fourth-order valence-corrected chi connectivity index (χ4v) is 3.26. The van der Waals surface area contributed by atoms with Crippen molar-refractivity contribution in [3.8, 4) is 17.2 Å². The van der Waals surface area contributed by atoms with Crippen LogP contribution in [-0.4, -0.2) is 29.5 Å². The van der Waals surface area contributed by atoms with Crippen LogP contribution in [0.3, 0.4) is 0 Å². The Labute approximate surface area is 144 Å². The van der Waals surface area contributed by atoms with E-state index in [1.807, 2.05) is 37.3 Å². The molecule has 0 spiro atoms. The molecule has 1 heterocycles. The predicted octanol–water partition coefficient (Wildman–Crippen LogP) is 3.51. The summed E-state index contributed by atoms with van der Waals surface area (Å²) in [6, 6.07) is 12.9. The van der Waals surface area contributed by atoms with Crippen LogP contribution in [0.15, 0.2) is 52.4 Å². The van der Waals surface area contributed by atoms with Gasteiger partial charge in [0, 0.05) is 6.07 Å². The fourth-order valence-electron chi connectivity index (χ4n) is 2.52. The summed E-state index contributed by atoms with van der Waals surface area (Å²) in [6.07, 6.45) is 0. The second-order valence-electron chi connectivity index (χ2n) is 5.03. The number of hydrogen-bond acceptors (Lipinski definition) is 5. The van der Waals surface area contributed by atoms with Gasteiger partial charge in [0.25, 0.3) is 5.56 Å². The molecule has 0 fully saturated rings. The smallest absolute Gasteiger partial charge is 0.266 e. The number of benzene rings is 2. The molecule has 124 valence electrons. The minimum Gasteiger partial charge on any atom is -0.493 e. The van der Waals surface area contributed by atoms with Gasteiger partial charge in [-0.05, 0) is 24.0 Å². The van der Waals surface area contributed by atoms with E-state index in [1.54, 1.807) is 30.9 Å². The molecule has 5 nitrogen and oxygen atoms in total. The molecule has 3 rings (SSSR count). The van der Waals surface area contributed by atoms with Crippen LogP contribution in [0.1, 0.15) is 6.92 Å². The average Bonchev–Trinajstić information content (AvgIpc) is 2.62. The highest BCUT2D eigenvalue weighted by atomic mass is 32.2. The van der Waals surface area contributed by atoms with Crippen LogP contribution in [0.4, 0.5) is 0 Å². The molecule has 0 aliphatic heterocycles. The highest BCUT2D eigenvalue weighted by molar-refractivity contribution is 7.99. The molecule has 0 saturated carbocycles. The van der Waals surface area contributed by atoms with Crippen LogP contribution in [-0.2, 0) is 0 Å². The van der Waals surface area contributed by atoms with Crippen molar-refractivity contribution in [2.75, 3.05) is 20.0 Å². The summed E-state index contributed by atoms with van der Waals surface area (Å²) >= 11 is 1.53. The van der Waals surface area contributed by atoms with E-state index in [1.165, 1.54) is 11.8 Å². The van der Waals surface area contributed by atoms with E-state index >= 15 is 0 Å². The van der Waals surface area contributed by atoms with Crippen LogP contribution in [0.2, 0.25) is 0 Å². The van der Waals surface area contributed by atoms with Crippen LogP contribution in [0.5, 0.6) is 11.5 Å². The molecule has 0 saturated heterocycles. The van der Waals surface area contributed by atoms with E-state index in [0.717, 1.165) is 11.4 Å². The normalized spacial score (nSPS) is 10.8. The number of nitrogens with zero attached hydrogens (tertiary/aromatic N) is 2. The van der Waals surface area contributed by atoms with Gasteiger partial charge in [-0.3, -0.25) is 9.36 Å². The Hall–Kier alpha value is -2.47. The maximum absolute atomic E-state index is 13.1. The molecule has 0 N–H and O–H groups in total. The molecule has 0 unspecified atom stereocenters. The van der Waals surface area contributed by atoms with E-state index in [-0.39, 0.29) is 5.56 Å². The molecule has 3 aromatic rings. The van der Waals surface area contributed by atoms with Crippen LogP contribution >= 0.6 is 11.8 Å². The van der Waals surface area contributed by atoms with Crippen molar-refractivity contribution >= 4 is 22.7 Å². The predicted molar refractivity (Wildman–Crippen MR) is 96.8 cm³/mol. The van der Waals surface area contributed by atoms with Gasteiger partial charge in [0.1, 0.15) is 0 Å². The van der Waals surface area contributed by atoms with E-state index < -0.39 is 0 Å². The van der Waals surface area contributed by atoms with E-state index in [9.17, 15) is 4.79 Å². The van der Waals surface area contributed by atoms with Crippen molar-refractivity contribution in [1.29, 1.82) is 0 Å². The van der Waals surface area contributed by atoms with Gasteiger partial charge >= 0.3 is 0 Å². The maximum atomic E-state index is 13.1. The van der Waals surface area contributed by atoms with Gasteiger partial charge in [-0.1, -0.05) is 36.9 Å². The average molecular weight is 342 g/mol. The van der Waals surface area contributed by atoms with Crippen molar-refractivity contribution in [2.24, 2.45) is 0 Å². The number of thioether (sulfide) groups is 1. The summed E-state index contributed by atoms with van der Waals surface area (Å²) in [5.74, 6) is 1.89. The maximum Gasteiger partial charge on any atom is 0.266 e. The van der Waals surface area contributed by atoms with Crippen LogP contribution in [0.25, 0.3) is 16.6 Å². The molecule has 0 atom stereocenters. The molecule has 0 bridgehead atoms. The summed E-state index contributed by atoms with van der Waals surface area (Å²) < 4.78 is 12.3. The lowest BCUT2D eigenvalue weighted by molar-refractivity contribution is 0.355. The lowest BCUT2D eigenvalue weighted by Gasteiger charge is -2.14. The number of methoxy groups -OCH3 is 2. The Bertz CT molecular complexity index is 923. The minimum atomic E-state index is -0.122. The second-order valence-corrected chi connectivity index (χ2v) is 6.26. The lowest BCUT2D eigenvalue weighted by Crippen LogP contribution is -2.21. The third-order valence-corrected chi connectivity index (χ3v) is 4.45. The largest absolute Gasteiger partial charge is 0.493 e. The molecule has 1 aromatic heterocycles. The highest BCUT2D eigenvalue weighted by Crippen LogP contribution is 2.31. The van der Waals surface area contributed by atoms with Gasteiger partial charge in [-0.15, -0.1) is 0 Å². The quantitative estimate of drug-likeness (QED) is 0.524. The lowest BCUT2D eigenvalue weighted by atomic mass is 10.2. The first-order chi connectivity index (χ1) is 11.7. The molecular weight excluding hydrogens is 324 g/mol. The molecule has 24 heavy (non-hydrogen) atoms. The zero-order valence-electron chi connectivity index (χ0n) is 13.8. The molecule has 0 aliphatic carbocycles. The van der Waals surface area contributed by atoms with Gasteiger partial charge in [0.2, 0.25) is 0 Å². The molecule has 0 radical (unpaired) electrons. The van der Waals surface area contributed by atoms with Crippen molar-refractivity contribution in [1.82, 2.24) is 9.55 Å². The number of ether oxygens (including phenoxy) is 2. The van der Waals surface area contributed by atoms with Crippen molar-refractivity contribution < 1.29 is 9.47 Å². The monoisotopic (exact) mass is 342 g/mol. The minimum absolute atomic E-state index is 0.122. The van der Waals surface area contributed by atoms with Crippen LogP contribution < -0.4 is 15.0 Å². The van der Waals surface area contributed by atoms with E-state index in [0.29, 0.717) is 27.6 Å². The van der Waals surface area contributed by atoms with Crippen molar-refractivity contribution in [2.45, 2.75) is 12.1 Å². The number of aromatic nitrogens is 2. The SMILES string of the molecule is CCSc1nc2cc(OC)c(OC)cc2c(=O)n1-c1ccccc1. The summed E-state index contributed by atoms with van der Waals surface area (Å²) in [6.45, 7) is 2.03. The summed E-state index contributed by atoms with van der Waals surface area (Å²) in [5, 5.41) is 1.16. The van der Waals surface area contributed by atoms with Crippen molar-refractivity contribution in [3.63, 3.8) is 0 Å². The highest BCUT2D eigenvalue weighted by Gasteiger charge is 2.16. The number of para-hydroxylation sites is 1. The Morgan fingerprint density at radius 1 is 1.08 bits per heavy atom. The van der Waals surface area contributed by atoms with Crippen molar-refractivity contribution in [3.05, 3.63) is 52.8 Å². The third kappa shape index (κ3) is 2.85. The third-order valence-electron chi connectivity index (χ3n) is 3.63. The zero-order valence-corrected chi connectivity index (χ0v) is 14.6. The Morgan fingerprint density at radius 3 is 2.38 bits per heavy atom. The number of rotatable bonds is 5. The fraction of sp³-hybridized carbons (Fsp3) is 0.222. The molecular formula is C18H18N2O3S. The standard InChI is InChI=1S/C18H18N2O3S/c1-4-24-18-19-14-11-16(23-3)15(22-2)10-13(14)17(21)20(18)12-8-6-5-7-9-12/h5-11H,4H2,1-3H3.